The Labute approximate surface area is 147 Å². The van der Waals surface area contributed by atoms with Gasteiger partial charge in [-0.15, -0.1) is 0 Å². The zero-order valence-corrected chi connectivity index (χ0v) is 14.6. The van der Waals surface area contributed by atoms with Crippen molar-refractivity contribution in [2.24, 2.45) is 0 Å². The van der Waals surface area contributed by atoms with Crippen LogP contribution in [0.5, 0.6) is 5.75 Å². The molecule has 0 saturated heterocycles. The molecule has 0 aliphatic heterocycles. The highest BCUT2D eigenvalue weighted by atomic mass is 16.5. The number of benzene rings is 2. The largest absolute Gasteiger partial charge is 0.497 e. The van der Waals surface area contributed by atoms with Gasteiger partial charge < -0.3 is 14.1 Å². The van der Waals surface area contributed by atoms with Gasteiger partial charge in [-0.2, -0.15) is 0 Å². The van der Waals surface area contributed by atoms with Crippen LogP contribution < -0.4 is 4.74 Å². The molecular weight excluding hydrogens is 314 g/mol. The van der Waals surface area contributed by atoms with E-state index in [1.807, 2.05) is 61.5 Å². The molecular formula is C21H21NO3. The normalized spacial score (nSPS) is 12.4. The van der Waals surface area contributed by atoms with Crippen LogP contribution in [0.15, 0.2) is 65.1 Å². The second-order valence-electron chi connectivity index (χ2n) is 5.92. The van der Waals surface area contributed by atoms with E-state index in [1.165, 1.54) is 0 Å². The molecule has 0 bridgehead atoms. The van der Waals surface area contributed by atoms with Crippen molar-refractivity contribution in [1.29, 1.82) is 0 Å². The van der Waals surface area contributed by atoms with Crippen molar-refractivity contribution in [3.8, 4) is 5.75 Å². The van der Waals surface area contributed by atoms with E-state index in [-0.39, 0.29) is 11.9 Å². The molecule has 128 valence electrons. The minimum atomic E-state index is -0.158. The zero-order valence-electron chi connectivity index (χ0n) is 14.6. The van der Waals surface area contributed by atoms with Crippen LogP contribution in [0.1, 0.15) is 24.3 Å². The molecule has 0 unspecified atom stereocenters. The molecule has 2 aromatic carbocycles. The maximum Gasteiger partial charge on any atom is 0.246 e. The van der Waals surface area contributed by atoms with Gasteiger partial charge in [-0.25, -0.2) is 0 Å². The van der Waals surface area contributed by atoms with Crippen LogP contribution in [0.25, 0.3) is 17.0 Å². The van der Waals surface area contributed by atoms with Crippen molar-refractivity contribution < 1.29 is 13.9 Å². The van der Waals surface area contributed by atoms with Crippen LogP contribution in [0, 0.1) is 0 Å². The number of likely N-dealkylation sites (N-methyl/N-ethyl adjacent to an activating group) is 1. The van der Waals surface area contributed by atoms with Crippen LogP contribution in [0.2, 0.25) is 0 Å². The minimum Gasteiger partial charge on any atom is -0.497 e. The van der Waals surface area contributed by atoms with E-state index in [2.05, 4.69) is 0 Å². The highest BCUT2D eigenvalue weighted by Crippen LogP contribution is 2.26. The number of hydrogen-bond acceptors (Lipinski definition) is 3. The Balaban J connectivity index is 1.73. The summed E-state index contributed by atoms with van der Waals surface area (Å²) in [6.07, 6.45) is 3.35. The van der Waals surface area contributed by atoms with E-state index in [9.17, 15) is 4.79 Å². The molecule has 0 fully saturated rings. The van der Waals surface area contributed by atoms with Gasteiger partial charge in [0.1, 0.15) is 17.1 Å². The standard InChI is InChI=1S/C21H21NO3/c1-15(20-14-17-8-4-5-10-19(17)25-20)22(2)21(23)12-11-16-7-6-9-18(13-16)24-3/h4-15H,1-3H3/b12-11+/t15-/m1/s1. The number of carbonyl (C=O) groups excluding carboxylic acids is 1. The molecule has 0 N–H and O–H groups in total. The third kappa shape index (κ3) is 3.74. The fraction of sp³-hybridized carbons (Fsp3) is 0.190. The van der Waals surface area contributed by atoms with Crippen molar-refractivity contribution in [2.45, 2.75) is 13.0 Å². The molecule has 4 nitrogen and oxygen atoms in total. The number of fused-ring (bicyclic) bond motifs is 1. The first kappa shape index (κ1) is 16.8. The summed E-state index contributed by atoms with van der Waals surface area (Å²) in [7, 11) is 3.40. The molecule has 3 aromatic rings. The SMILES string of the molecule is COc1cccc(/C=C/C(=O)N(C)[C@H](C)c2cc3ccccc3o2)c1. The van der Waals surface area contributed by atoms with Crippen LogP contribution in [-0.4, -0.2) is 25.0 Å². The molecule has 1 amide bonds. The minimum absolute atomic E-state index is 0.0872. The Morgan fingerprint density at radius 1 is 1.16 bits per heavy atom. The molecule has 1 heterocycles. The topological polar surface area (TPSA) is 42.7 Å². The van der Waals surface area contributed by atoms with Gasteiger partial charge in [-0.05, 0) is 42.8 Å². The number of rotatable bonds is 5. The summed E-state index contributed by atoms with van der Waals surface area (Å²) in [4.78, 5) is 14.1. The van der Waals surface area contributed by atoms with E-state index in [1.54, 1.807) is 31.2 Å². The first-order valence-electron chi connectivity index (χ1n) is 8.16. The highest BCUT2D eigenvalue weighted by molar-refractivity contribution is 5.92. The number of para-hydroxylation sites is 1. The summed E-state index contributed by atoms with van der Waals surface area (Å²) in [5, 5.41) is 1.04. The summed E-state index contributed by atoms with van der Waals surface area (Å²) in [6.45, 7) is 1.95. The first-order chi connectivity index (χ1) is 12.1. The van der Waals surface area contributed by atoms with Gasteiger partial charge in [0, 0.05) is 18.5 Å². The maximum atomic E-state index is 12.5. The Morgan fingerprint density at radius 2 is 1.96 bits per heavy atom. The van der Waals surface area contributed by atoms with E-state index < -0.39 is 0 Å². The lowest BCUT2D eigenvalue weighted by atomic mass is 10.1. The molecule has 0 spiro atoms. The van der Waals surface area contributed by atoms with Gasteiger partial charge >= 0.3 is 0 Å². The highest BCUT2D eigenvalue weighted by Gasteiger charge is 2.19. The number of hydrogen-bond donors (Lipinski definition) is 0. The number of nitrogens with zero attached hydrogens (tertiary/aromatic N) is 1. The van der Waals surface area contributed by atoms with Gasteiger partial charge in [0.05, 0.1) is 13.2 Å². The van der Waals surface area contributed by atoms with Crippen molar-refractivity contribution in [2.75, 3.05) is 14.2 Å². The Kier molecular flexibility index (Phi) is 4.89. The van der Waals surface area contributed by atoms with Gasteiger partial charge in [0.2, 0.25) is 5.91 Å². The van der Waals surface area contributed by atoms with Gasteiger partial charge in [-0.1, -0.05) is 30.3 Å². The van der Waals surface area contributed by atoms with Gasteiger partial charge in [-0.3, -0.25) is 4.79 Å². The molecule has 1 atom stereocenters. The Bertz CT molecular complexity index is 877. The van der Waals surface area contributed by atoms with Crippen molar-refractivity contribution >= 4 is 23.0 Å². The van der Waals surface area contributed by atoms with Gasteiger partial charge in [0.15, 0.2) is 0 Å². The number of methoxy groups -OCH3 is 1. The summed E-state index contributed by atoms with van der Waals surface area (Å²) >= 11 is 0. The maximum absolute atomic E-state index is 12.5. The number of ether oxygens (including phenoxy) is 1. The number of furan rings is 1. The lowest BCUT2D eigenvalue weighted by Crippen LogP contribution is -2.27. The van der Waals surface area contributed by atoms with E-state index in [0.29, 0.717) is 0 Å². The first-order valence-corrected chi connectivity index (χ1v) is 8.16. The predicted molar refractivity (Wildman–Crippen MR) is 99.4 cm³/mol. The fourth-order valence-corrected chi connectivity index (χ4v) is 2.62. The lowest BCUT2D eigenvalue weighted by Gasteiger charge is -2.21. The lowest BCUT2D eigenvalue weighted by molar-refractivity contribution is -0.126. The van der Waals surface area contributed by atoms with Crippen LogP contribution in [0.4, 0.5) is 0 Å². The molecule has 0 aliphatic carbocycles. The third-order valence-electron chi connectivity index (χ3n) is 4.30. The second kappa shape index (κ2) is 7.26. The summed E-state index contributed by atoms with van der Waals surface area (Å²) in [6, 6.07) is 17.2. The van der Waals surface area contributed by atoms with E-state index in [4.69, 9.17) is 9.15 Å². The van der Waals surface area contributed by atoms with Crippen molar-refractivity contribution in [1.82, 2.24) is 4.90 Å². The van der Waals surface area contributed by atoms with Crippen molar-refractivity contribution in [3.63, 3.8) is 0 Å². The molecule has 0 aliphatic rings. The predicted octanol–water partition coefficient (Wildman–Crippen LogP) is 4.67. The van der Waals surface area contributed by atoms with E-state index >= 15 is 0 Å². The molecule has 1 aromatic heterocycles. The monoisotopic (exact) mass is 335 g/mol. The van der Waals surface area contributed by atoms with Gasteiger partial charge in [0.25, 0.3) is 0 Å². The number of carbonyl (C=O) groups is 1. The molecule has 3 rings (SSSR count). The van der Waals surface area contributed by atoms with Crippen molar-refractivity contribution in [3.05, 3.63) is 72.0 Å². The average molecular weight is 335 g/mol. The third-order valence-corrected chi connectivity index (χ3v) is 4.30. The Hall–Kier alpha value is -3.01. The summed E-state index contributed by atoms with van der Waals surface area (Å²) < 4.78 is 11.1. The summed E-state index contributed by atoms with van der Waals surface area (Å²) in [5.74, 6) is 1.45. The smallest absolute Gasteiger partial charge is 0.246 e. The zero-order chi connectivity index (χ0) is 17.8. The Morgan fingerprint density at radius 3 is 2.72 bits per heavy atom. The fourth-order valence-electron chi connectivity index (χ4n) is 2.62. The van der Waals surface area contributed by atoms with Crippen LogP contribution >= 0.6 is 0 Å². The van der Waals surface area contributed by atoms with E-state index in [0.717, 1.165) is 28.0 Å². The second-order valence-corrected chi connectivity index (χ2v) is 5.92. The number of amides is 1. The average Bonchev–Trinajstić information content (AvgIpc) is 3.09. The summed E-state index contributed by atoms with van der Waals surface area (Å²) in [5.41, 5.74) is 1.75. The van der Waals surface area contributed by atoms with Crippen LogP contribution in [-0.2, 0) is 4.79 Å². The quantitative estimate of drug-likeness (QED) is 0.636. The molecule has 0 saturated carbocycles. The molecule has 4 heteroatoms. The molecule has 0 radical (unpaired) electrons. The molecule has 25 heavy (non-hydrogen) atoms. The van der Waals surface area contributed by atoms with Crippen LogP contribution in [0.3, 0.4) is 0 Å².